The molecular formula is C11H9ClFNO2S. The highest BCUT2D eigenvalue weighted by atomic mass is 35.5. The van der Waals surface area contributed by atoms with Gasteiger partial charge >= 0.3 is 0 Å². The van der Waals surface area contributed by atoms with Crippen LogP contribution in [0.25, 0.3) is 10.8 Å². The summed E-state index contributed by atoms with van der Waals surface area (Å²) in [7, 11) is 0. The monoisotopic (exact) mass is 273 g/mol. The second-order valence-electron chi connectivity index (χ2n) is 3.48. The van der Waals surface area contributed by atoms with E-state index >= 15 is 0 Å². The van der Waals surface area contributed by atoms with Crippen molar-refractivity contribution < 1.29 is 13.7 Å². The molecule has 2 aromatic rings. The Hall–Kier alpha value is -0.850. The normalized spacial score (nSPS) is 11.1. The molecule has 17 heavy (non-hydrogen) atoms. The number of fused-ring (bicyclic) bond motifs is 1. The van der Waals surface area contributed by atoms with Crippen LogP contribution in [0.5, 0.6) is 0 Å². The molecule has 0 saturated carbocycles. The zero-order chi connectivity index (χ0) is 12.4. The van der Waals surface area contributed by atoms with E-state index in [0.29, 0.717) is 0 Å². The van der Waals surface area contributed by atoms with Gasteiger partial charge in [-0.25, -0.2) is 4.39 Å². The predicted octanol–water partition coefficient (Wildman–Crippen LogP) is 3.77. The fourth-order valence-corrected chi connectivity index (χ4v) is 2.18. The molecule has 0 heterocycles. The van der Waals surface area contributed by atoms with Gasteiger partial charge in [0, 0.05) is 4.90 Å². The molecule has 90 valence electrons. The summed E-state index contributed by atoms with van der Waals surface area (Å²) < 4.78 is 17.9. The molecule has 0 aromatic heterocycles. The fourth-order valence-electron chi connectivity index (χ4n) is 1.53. The minimum Gasteiger partial charge on any atom is -0.205 e. The molecule has 0 aliphatic carbocycles. The molecule has 0 unspecified atom stereocenters. The number of halogens is 2. The highest BCUT2D eigenvalue weighted by molar-refractivity contribution is 7.94. The lowest BCUT2D eigenvalue weighted by atomic mass is 10.1. The van der Waals surface area contributed by atoms with Crippen LogP contribution in [0.1, 0.15) is 5.56 Å². The number of benzene rings is 2. The molecule has 0 radical (unpaired) electrons. The summed E-state index contributed by atoms with van der Waals surface area (Å²) in [6, 6.07) is 6.65. The standard InChI is InChI=1S/C11H9ClFNO2S/c1-6-2-7-3-9(12)10(13)4-8(7)5-11(6)17-16-15-14/h2-5H,14H2,1H3. The van der Waals surface area contributed by atoms with Crippen molar-refractivity contribution in [2.75, 3.05) is 0 Å². The molecule has 0 aliphatic rings. The van der Waals surface area contributed by atoms with Gasteiger partial charge in [0.1, 0.15) is 5.82 Å². The first-order valence-corrected chi connectivity index (χ1v) is 5.83. The number of nitrogens with two attached hydrogens (primary N) is 1. The Morgan fingerprint density at radius 2 is 1.94 bits per heavy atom. The summed E-state index contributed by atoms with van der Waals surface area (Å²) in [5, 5.41) is 1.71. The topological polar surface area (TPSA) is 44.5 Å². The predicted molar refractivity (Wildman–Crippen MR) is 65.9 cm³/mol. The van der Waals surface area contributed by atoms with Crippen LogP contribution in [-0.2, 0) is 9.32 Å². The minimum atomic E-state index is -0.449. The van der Waals surface area contributed by atoms with Gasteiger partial charge in [-0.1, -0.05) is 17.7 Å². The van der Waals surface area contributed by atoms with Crippen LogP contribution in [0.15, 0.2) is 29.2 Å². The molecule has 0 bridgehead atoms. The van der Waals surface area contributed by atoms with Gasteiger partial charge in [-0.3, -0.25) is 0 Å². The smallest absolute Gasteiger partial charge is 0.142 e. The molecule has 2 N–H and O–H groups in total. The first kappa shape index (κ1) is 12.6. The zero-order valence-electron chi connectivity index (χ0n) is 8.87. The van der Waals surface area contributed by atoms with Crippen molar-refractivity contribution in [1.82, 2.24) is 0 Å². The number of hydrogen-bond acceptors (Lipinski definition) is 4. The maximum atomic E-state index is 13.3. The largest absolute Gasteiger partial charge is 0.205 e. The Labute approximate surface area is 107 Å². The summed E-state index contributed by atoms with van der Waals surface area (Å²) in [4.78, 5) is 4.82. The number of hydrogen-bond donors (Lipinski definition) is 1. The lowest BCUT2D eigenvalue weighted by Crippen LogP contribution is -1.94. The van der Waals surface area contributed by atoms with Crippen molar-refractivity contribution in [3.8, 4) is 0 Å². The molecule has 0 fully saturated rings. The van der Waals surface area contributed by atoms with Gasteiger partial charge in [-0.05, 0) is 41.5 Å². The third kappa shape index (κ3) is 2.70. The molecule has 2 rings (SSSR count). The van der Waals surface area contributed by atoms with Crippen LogP contribution in [-0.4, -0.2) is 0 Å². The van der Waals surface area contributed by atoms with E-state index in [-0.39, 0.29) is 5.02 Å². The lowest BCUT2D eigenvalue weighted by Gasteiger charge is -2.07. The third-order valence-electron chi connectivity index (χ3n) is 2.34. The highest BCUT2D eigenvalue weighted by Gasteiger charge is 2.07. The molecule has 2 aromatic carbocycles. The maximum absolute atomic E-state index is 13.3. The van der Waals surface area contributed by atoms with E-state index in [1.165, 1.54) is 6.07 Å². The third-order valence-corrected chi connectivity index (χ3v) is 3.39. The molecule has 0 amide bonds. The van der Waals surface area contributed by atoms with Crippen molar-refractivity contribution >= 4 is 34.4 Å². The van der Waals surface area contributed by atoms with E-state index in [0.717, 1.165) is 33.3 Å². The Morgan fingerprint density at radius 1 is 1.24 bits per heavy atom. The quantitative estimate of drug-likeness (QED) is 0.525. The van der Waals surface area contributed by atoms with Gasteiger partial charge in [-0.2, -0.15) is 5.90 Å². The first-order valence-electron chi connectivity index (χ1n) is 4.71. The number of aryl methyl sites for hydroxylation is 1. The van der Waals surface area contributed by atoms with E-state index in [4.69, 9.17) is 17.5 Å². The summed E-state index contributed by atoms with van der Waals surface area (Å²) >= 11 is 6.69. The van der Waals surface area contributed by atoms with Crippen LogP contribution < -0.4 is 5.90 Å². The summed E-state index contributed by atoms with van der Waals surface area (Å²) in [5.74, 6) is 4.31. The minimum absolute atomic E-state index is 0.110. The van der Waals surface area contributed by atoms with Crippen molar-refractivity contribution in [3.63, 3.8) is 0 Å². The van der Waals surface area contributed by atoms with Gasteiger partial charge < -0.3 is 0 Å². The Morgan fingerprint density at radius 3 is 2.65 bits per heavy atom. The van der Waals surface area contributed by atoms with Gasteiger partial charge in [0.2, 0.25) is 0 Å². The van der Waals surface area contributed by atoms with Gasteiger partial charge in [0.05, 0.1) is 17.1 Å². The average Bonchev–Trinajstić information content (AvgIpc) is 2.29. The van der Waals surface area contributed by atoms with Crippen molar-refractivity contribution in [1.29, 1.82) is 0 Å². The van der Waals surface area contributed by atoms with E-state index in [2.05, 4.69) is 9.32 Å². The van der Waals surface area contributed by atoms with E-state index in [1.54, 1.807) is 12.1 Å². The first-order chi connectivity index (χ1) is 8.11. The van der Waals surface area contributed by atoms with Crippen LogP contribution in [0, 0.1) is 12.7 Å². The summed E-state index contributed by atoms with van der Waals surface area (Å²) in [6.45, 7) is 1.90. The molecule has 0 atom stereocenters. The summed E-state index contributed by atoms with van der Waals surface area (Å²) in [6.07, 6.45) is 0. The van der Waals surface area contributed by atoms with Crippen molar-refractivity contribution in [3.05, 3.63) is 40.7 Å². The fraction of sp³-hybridized carbons (Fsp3) is 0.0909. The highest BCUT2D eigenvalue weighted by Crippen LogP contribution is 2.30. The van der Waals surface area contributed by atoms with Crippen LogP contribution in [0.4, 0.5) is 4.39 Å². The van der Waals surface area contributed by atoms with Crippen LogP contribution in [0.2, 0.25) is 5.02 Å². The molecular weight excluding hydrogens is 265 g/mol. The van der Waals surface area contributed by atoms with E-state index < -0.39 is 5.82 Å². The molecule has 0 spiro atoms. The van der Waals surface area contributed by atoms with Crippen LogP contribution in [0.3, 0.4) is 0 Å². The Bertz CT molecular complexity index is 565. The zero-order valence-corrected chi connectivity index (χ0v) is 10.4. The molecule has 0 aliphatic heterocycles. The molecule has 0 saturated heterocycles. The van der Waals surface area contributed by atoms with Crippen molar-refractivity contribution in [2.24, 2.45) is 5.90 Å². The van der Waals surface area contributed by atoms with Crippen LogP contribution >= 0.6 is 23.6 Å². The summed E-state index contributed by atoms with van der Waals surface area (Å²) in [5.41, 5.74) is 0.960. The van der Waals surface area contributed by atoms with Crippen molar-refractivity contribution in [2.45, 2.75) is 11.8 Å². The second-order valence-corrected chi connectivity index (χ2v) is 4.63. The number of rotatable bonds is 3. The van der Waals surface area contributed by atoms with E-state index in [9.17, 15) is 4.39 Å². The lowest BCUT2D eigenvalue weighted by molar-refractivity contribution is -0.195. The van der Waals surface area contributed by atoms with E-state index in [1.807, 2.05) is 13.0 Å². The Balaban J connectivity index is 2.51. The molecule has 6 heteroatoms. The Kier molecular flexibility index (Phi) is 3.86. The second kappa shape index (κ2) is 5.20. The maximum Gasteiger partial charge on any atom is 0.142 e. The average molecular weight is 274 g/mol. The van der Waals surface area contributed by atoms with Gasteiger partial charge in [0.15, 0.2) is 0 Å². The molecule has 3 nitrogen and oxygen atoms in total. The van der Waals surface area contributed by atoms with Gasteiger partial charge in [0.25, 0.3) is 0 Å². The van der Waals surface area contributed by atoms with Gasteiger partial charge in [-0.15, -0.1) is 9.32 Å². The SMILES string of the molecule is Cc1cc2cc(Cl)c(F)cc2cc1SOON.